The van der Waals surface area contributed by atoms with Crippen LogP contribution in [0.5, 0.6) is 0 Å². The molecule has 0 saturated heterocycles. The van der Waals surface area contributed by atoms with Crippen molar-refractivity contribution in [1.82, 2.24) is 0 Å². The topological polar surface area (TPSA) is 32.8 Å². The Morgan fingerprint density at radius 3 is 1.09 bits per heavy atom. The van der Waals surface area contributed by atoms with Crippen LogP contribution < -0.4 is 9.80 Å². The van der Waals surface area contributed by atoms with E-state index in [1.54, 1.807) is 0 Å². The second-order valence-electron chi connectivity index (χ2n) is 18.8. The van der Waals surface area contributed by atoms with Crippen LogP contribution in [-0.4, -0.2) is 0 Å². The smallest absolute Gasteiger partial charge is 0.143 e. The average Bonchev–Trinajstić information content (AvgIpc) is 3.94. The lowest BCUT2D eigenvalue weighted by atomic mass is 9.94. The summed E-state index contributed by atoms with van der Waals surface area (Å²) in [5, 5.41) is 13.7. The molecular weight excluding hydrogens is 829 g/mol. The third kappa shape index (κ3) is 6.28. The predicted molar refractivity (Wildman–Crippen MR) is 289 cm³/mol. The highest BCUT2D eigenvalue weighted by atomic mass is 16.3. The minimum atomic E-state index is 0.417. The summed E-state index contributed by atoms with van der Waals surface area (Å²) in [6, 6.07) is 74.8. The minimum Gasteiger partial charge on any atom is -0.455 e. The van der Waals surface area contributed by atoms with E-state index in [0.29, 0.717) is 11.8 Å². The van der Waals surface area contributed by atoms with Crippen molar-refractivity contribution in [2.24, 2.45) is 0 Å². The number of rotatable bonds is 8. The molecule has 0 amide bonds. The Morgan fingerprint density at radius 1 is 0.294 bits per heavy atom. The molecule has 0 radical (unpaired) electrons. The largest absolute Gasteiger partial charge is 0.455 e. The maximum Gasteiger partial charge on any atom is 0.143 e. The molecule has 2 aromatic heterocycles. The van der Waals surface area contributed by atoms with Crippen LogP contribution in [-0.2, 0) is 0 Å². The van der Waals surface area contributed by atoms with Crippen molar-refractivity contribution in [2.45, 2.75) is 39.5 Å². The summed E-state index contributed by atoms with van der Waals surface area (Å²) in [6.45, 7) is 9.07. The normalized spacial score (nSPS) is 12.1. The van der Waals surface area contributed by atoms with Gasteiger partial charge in [0, 0.05) is 65.8 Å². The maximum absolute atomic E-state index is 6.86. The van der Waals surface area contributed by atoms with Crippen LogP contribution in [0.25, 0.3) is 87.0 Å². The van der Waals surface area contributed by atoms with E-state index in [0.717, 1.165) is 99.5 Å². The van der Waals surface area contributed by atoms with Crippen molar-refractivity contribution < 1.29 is 8.83 Å². The first kappa shape index (κ1) is 40.0. The minimum absolute atomic E-state index is 0.417. The van der Waals surface area contributed by atoms with Gasteiger partial charge in [-0.15, -0.1) is 0 Å². The van der Waals surface area contributed by atoms with Gasteiger partial charge in [0.05, 0.1) is 11.4 Å². The molecule has 13 aromatic rings. The molecule has 4 nitrogen and oxygen atoms in total. The van der Waals surface area contributed by atoms with Crippen molar-refractivity contribution in [1.29, 1.82) is 0 Å². The number of para-hydroxylation sites is 2. The number of anilines is 6. The quantitative estimate of drug-likeness (QED) is 0.152. The summed E-state index contributed by atoms with van der Waals surface area (Å²) in [7, 11) is 0. The zero-order valence-corrected chi connectivity index (χ0v) is 38.5. The Balaban J connectivity index is 0.909. The Labute approximate surface area is 394 Å². The SMILES string of the molecule is CC(C)c1ccc(N(c2ccccc2)c2ccc3c(ccc4c5cc6oc7c8ccc(N(c9ccccc9)c9ccc(C(C)C)c%10ccccc9%10)cc8ccc7c6cc5oc34)c2)c2ccccc12. The molecule has 0 unspecified atom stereocenters. The van der Waals surface area contributed by atoms with Crippen LogP contribution in [0.3, 0.4) is 0 Å². The first-order valence-corrected chi connectivity index (χ1v) is 23.8. The number of furan rings is 2. The van der Waals surface area contributed by atoms with Crippen molar-refractivity contribution in [2.75, 3.05) is 9.80 Å². The summed E-state index contributed by atoms with van der Waals surface area (Å²) >= 11 is 0. The van der Waals surface area contributed by atoms with Crippen LogP contribution in [0.4, 0.5) is 34.1 Å². The zero-order chi connectivity index (χ0) is 45.6. The van der Waals surface area contributed by atoms with Crippen LogP contribution in [0.15, 0.2) is 215 Å². The Hall–Kier alpha value is -8.34. The molecular formula is C64H48N2O2. The number of hydrogen-bond donors (Lipinski definition) is 0. The van der Waals surface area contributed by atoms with E-state index in [1.807, 2.05) is 0 Å². The highest BCUT2D eigenvalue weighted by Crippen LogP contribution is 2.46. The van der Waals surface area contributed by atoms with Crippen LogP contribution >= 0.6 is 0 Å². The second kappa shape index (κ2) is 15.6. The van der Waals surface area contributed by atoms with Gasteiger partial charge in [-0.2, -0.15) is 0 Å². The van der Waals surface area contributed by atoms with Gasteiger partial charge in [-0.25, -0.2) is 0 Å². The van der Waals surface area contributed by atoms with E-state index in [9.17, 15) is 0 Å². The zero-order valence-electron chi connectivity index (χ0n) is 38.5. The van der Waals surface area contributed by atoms with Crippen LogP contribution in [0.1, 0.15) is 50.7 Å². The molecule has 0 atom stereocenters. The number of hydrogen-bond acceptors (Lipinski definition) is 4. The van der Waals surface area contributed by atoms with E-state index >= 15 is 0 Å². The van der Waals surface area contributed by atoms with Gasteiger partial charge in [0.25, 0.3) is 0 Å². The molecule has 326 valence electrons. The third-order valence-electron chi connectivity index (χ3n) is 14.1. The van der Waals surface area contributed by atoms with E-state index < -0.39 is 0 Å². The highest BCUT2D eigenvalue weighted by molar-refractivity contribution is 6.22. The van der Waals surface area contributed by atoms with Gasteiger partial charge in [-0.05, 0) is 142 Å². The monoisotopic (exact) mass is 876 g/mol. The summed E-state index contributed by atoms with van der Waals surface area (Å²) in [4.78, 5) is 4.76. The number of fused-ring (bicyclic) bond motifs is 12. The molecule has 0 fully saturated rings. The van der Waals surface area contributed by atoms with E-state index in [2.05, 4.69) is 244 Å². The first-order chi connectivity index (χ1) is 33.4. The number of benzene rings is 11. The van der Waals surface area contributed by atoms with Gasteiger partial charge in [0.15, 0.2) is 0 Å². The molecule has 0 aliphatic carbocycles. The molecule has 13 rings (SSSR count). The van der Waals surface area contributed by atoms with Gasteiger partial charge < -0.3 is 18.6 Å². The summed E-state index contributed by atoms with van der Waals surface area (Å²) in [5.41, 5.74) is 12.9. The molecule has 11 aromatic carbocycles. The molecule has 0 aliphatic heterocycles. The summed E-state index contributed by atoms with van der Waals surface area (Å²) in [5.74, 6) is 0.834. The van der Waals surface area contributed by atoms with Gasteiger partial charge in [0.2, 0.25) is 0 Å². The second-order valence-corrected chi connectivity index (χ2v) is 18.8. The predicted octanol–water partition coefficient (Wildman–Crippen LogP) is 19.3. The molecule has 4 heteroatoms. The van der Waals surface area contributed by atoms with Crippen LogP contribution in [0, 0.1) is 0 Å². The molecule has 0 spiro atoms. The van der Waals surface area contributed by atoms with Gasteiger partial charge in [-0.3, -0.25) is 0 Å². The fourth-order valence-electron chi connectivity index (χ4n) is 10.9. The fourth-order valence-corrected chi connectivity index (χ4v) is 10.9. The van der Waals surface area contributed by atoms with Gasteiger partial charge in [0.1, 0.15) is 22.3 Å². The summed E-state index contributed by atoms with van der Waals surface area (Å²) in [6.07, 6.45) is 0. The van der Waals surface area contributed by atoms with Crippen molar-refractivity contribution in [3.63, 3.8) is 0 Å². The maximum atomic E-state index is 6.86. The van der Waals surface area contributed by atoms with Crippen LogP contribution in [0.2, 0.25) is 0 Å². The Bertz CT molecular complexity index is 3840. The lowest BCUT2D eigenvalue weighted by molar-refractivity contribution is 0.667. The Kier molecular flexibility index (Phi) is 9.20. The van der Waals surface area contributed by atoms with Crippen molar-refractivity contribution in [3.8, 4) is 0 Å². The molecule has 0 N–H and O–H groups in total. The average molecular weight is 877 g/mol. The third-order valence-corrected chi connectivity index (χ3v) is 14.1. The fraction of sp³-hybridized carbons (Fsp3) is 0.0938. The van der Waals surface area contributed by atoms with E-state index in [4.69, 9.17) is 8.83 Å². The Morgan fingerprint density at radius 2 is 0.676 bits per heavy atom. The highest BCUT2D eigenvalue weighted by Gasteiger charge is 2.22. The molecule has 0 bridgehead atoms. The standard InChI is InChI=1S/C64H48N2O2/c1-39(2)47-31-33-59(53-21-13-11-19-51(47)53)65(43-15-7-5-8-16-43)45-25-29-49-41(35-45)23-27-55-57-37-62-58(38-61(57)67-63(49)55)56-28-24-42-36-46(26-30-50(42)64(56)68-62)66(44-17-9-6-10-18-44)60-34-32-48(40(3)4)52-20-12-14-22-54(52)60/h5-40H,1-4H3. The molecule has 2 heterocycles. The lowest BCUT2D eigenvalue weighted by Crippen LogP contribution is -2.11. The lowest BCUT2D eigenvalue weighted by Gasteiger charge is -2.28. The van der Waals surface area contributed by atoms with Gasteiger partial charge in [-0.1, -0.05) is 137 Å². The van der Waals surface area contributed by atoms with Crippen molar-refractivity contribution in [3.05, 3.63) is 217 Å². The van der Waals surface area contributed by atoms with Crippen molar-refractivity contribution >= 4 is 121 Å². The summed E-state index contributed by atoms with van der Waals surface area (Å²) < 4.78 is 13.7. The molecule has 68 heavy (non-hydrogen) atoms. The van der Waals surface area contributed by atoms with E-state index in [-0.39, 0.29) is 0 Å². The first-order valence-electron chi connectivity index (χ1n) is 23.8. The molecule has 0 aliphatic rings. The van der Waals surface area contributed by atoms with E-state index in [1.165, 1.54) is 32.7 Å². The number of nitrogens with zero attached hydrogens (tertiary/aromatic N) is 2. The van der Waals surface area contributed by atoms with Gasteiger partial charge >= 0.3 is 0 Å². The molecule has 0 saturated carbocycles.